The molecule has 3 saturated heterocycles. The van der Waals surface area contributed by atoms with Gasteiger partial charge in [-0.05, 0) is 81.7 Å². The van der Waals surface area contributed by atoms with E-state index < -0.39 is 0 Å². The minimum atomic E-state index is -0.305. The van der Waals surface area contributed by atoms with Crippen LogP contribution in [0.25, 0.3) is 0 Å². The molecule has 190 valence electrons. The van der Waals surface area contributed by atoms with Gasteiger partial charge in [0.25, 0.3) is 0 Å². The van der Waals surface area contributed by atoms with Crippen LogP contribution in [-0.4, -0.2) is 84.4 Å². The predicted octanol–water partition coefficient (Wildman–Crippen LogP) is 3.61. The van der Waals surface area contributed by atoms with Gasteiger partial charge in [-0.2, -0.15) is 0 Å². The zero-order valence-electron chi connectivity index (χ0n) is 22.0. The summed E-state index contributed by atoms with van der Waals surface area (Å²) in [6, 6.07) is -0.454. The molecular formula is C27H50N4O2. The zero-order valence-corrected chi connectivity index (χ0v) is 22.0. The van der Waals surface area contributed by atoms with Gasteiger partial charge in [0.2, 0.25) is 11.8 Å². The Bertz CT molecular complexity index is 630. The Morgan fingerprint density at radius 3 is 2.39 bits per heavy atom. The van der Waals surface area contributed by atoms with Crippen LogP contribution in [0.2, 0.25) is 0 Å². The van der Waals surface area contributed by atoms with E-state index in [0.29, 0.717) is 18.4 Å². The van der Waals surface area contributed by atoms with Crippen LogP contribution in [0.3, 0.4) is 0 Å². The highest BCUT2D eigenvalue weighted by Gasteiger charge is 2.39. The van der Waals surface area contributed by atoms with Crippen molar-refractivity contribution in [2.75, 3.05) is 45.8 Å². The molecule has 0 saturated carbocycles. The molecule has 6 nitrogen and oxygen atoms in total. The Hall–Kier alpha value is -1.14. The summed E-state index contributed by atoms with van der Waals surface area (Å²) in [7, 11) is 0. The van der Waals surface area contributed by atoms with Gasteiger partial charge in [0, 0.05) is 32.7 Å². The number of likely N-dealkylation sites (tertiary alicyclic amines) is 2. The summed E-state index contributed by atoms with van der Waals surface area (Å²) in [4.78, 5) is 33.6. The topological polar surface area (TPSA) is 55.9 Å². The Labute approximate surface area is 202 Å². The molecule has 0 bridgehead atoms. The Kier molecular flexibility index (Phi) is 10.0. The van der Waals surface area contributed by atoms with Crippen molar-refractivity contribution >= 4 is 11.8 Å². The number of carbonyl (C=O) groups is 2. The number of nitrogens with one attached hydrogen (secondary N) is 1. The van der Waals surface area contributed by atoms with Gasteiger partial charge < -0.3 is 20.0 Å². The summed E-state index contributed by atoms with van der Waals surface area (Å²) >= 11 is 0. The van der Waals surface area contributed by atoms with Crippen LogP contribution in [0.5, 0.6) is 0 Å². The summed E-state index contributed by atoms with van der Waals surface area (Å²) < 4.78 is 0. The molecule has 2 amide bonds. The first kappa shape index (κ1) is 26.5. The quantitative estimate of drug-likeness (QED) is 0.569. The molecule has 0 spiro atoms. The molecule has 0 unspecified atom stereocenters. The van der Waals surface area contributed by atoms with Crippen LogP contribution in [-0.2, 0) is 9.59 Å². The average Bonchev–Trinajstić information content (AvgIpc) is 2.77. The first-order chi connectivity index (χ1) is 15.7. The third-order valence-corrected chi connectivity index (χ3v) is 7.91. The van der Waals surface area contributed by atoms with Crippen LogP contribution in [0.15, 0.2) is 0 Å². The maximum Gasteiger partial charge on any atom is 0.245 e. The van der Waals surface area contributed by atoms with Crippen molar-refractivity contribution in [3.63, 3.8) is 0 Å². The summed E-state index contributed by atoms with van der Waals surface area (Å²) in [5.41, 5.74) is 0. The second-order valence-corrected chi connectivity index (χ2v) is 11.9. The maximum absolute atomic E-state index is 13.7. The highest BCUT2D eigenvalue weighted by Crippen LogP contribution is 2.26. The number of hydrogen-bond donors (Lipinski definition) is 1. The minimum absolute atomic E-state index is 0.125. The number of carbonyl (C=O) groups excluding carboxylic acids is 2. The van der Waals surface area contributed by atoms with Crippen molar-refractivity contribution in [2.24, 2.45) is 23.7 Å². The van der Waals surface area contributed by atoms with Crippen molar-refractivity contribution in [1.29, 1.82) is 0 Å². The van der Waals surface area contributed by atoms with E-state index in [-0.39, 0.29) is 23.9 Å². The predicted molar refractivity (Wildman–Crippen MR) is 135 cm³/mol. The molecule has 0 aromatic heterocycles. The van der Waals surface area contributed by atoms with Crippen molar-refractivity contribution < 1.29 is 9.59 Å². The standard InChI is InChI=1S/C27H50N4O2/c1-20(2)17-24-26(32)31(16-11-28-24)25(18-21(3)4)27(33)30-14-9-23(10-15-30)8-13-29-12-6-7-22(5)19-29/h20-25,28H,6-19H2,1-5H3/t22-,24-,25-/m0/s1. The zero-order chi connectivity index (χ0) is 24.0. The maximum atomic E-state index is 13.7. The van der Waals surface area contributed by atoms with E-state index in [4.69, 9.17) is 0 Å². The largest absolute Gasteiger partial charge is 0.341 e. The molecule has 0 aliphatic carbocycles. The van der Waals surface area contributed by atoms with Crippen LogP contribution in [0.4, 0.5) is 0 Å². The number of piperidine rings is 2. The van der Waals surface area contributed by atoms with E-state index in [2.05, 4.69) is 49.7 Å². The normalized spacial score (nSPS) is 26.9. The van der Waals surface area contributed by atoms with Gasteiger partial charge in [-0.25, -0.2) is 0 Å². The van der Waals surface area contributed by atoms with Gasteiger partial charge >= 0.3 is 0 Å². The van der Waals surface area contributed by atoms with Crippen LogP contribution in [0, 0.1) is 23.7 Å². The first-order valence-corrected chi connectivity index (χ1v) is 13.8. The molecule has 1 N–H and O–H groups in total. The molecule has 0 aromatic rings. The lowest BCUT2D eigenvalue weighted by Gasteiger charge is -2.42. The van der Waals surface area contributed by atoms with E-state index in [1.54, 1.807) is 0 Å². The summed E-state index contributed by atoms with van der Waals surface area (Å²) in [5, 5.41) is 3.39. The highest BCUT2D eigenvalue weighted by molar-refractivity contribution is 5.90. The van der Waals surface area contributed by atoms with Crippen LogP contribution in [0.1, 0.15) is 79.6 Å². The van der Waals surface area contributed by atoms with Gasteiger partial charge in [0.05, 0.1) is 6.04 Å². The van der Waals surface area contributed by atoms with E-state index in [9.17, 15) is 9.59 Å². The lowest BCUT2D eigenvalue weighted by atomic mass is 9.91. The van der Waals surface area contributed by atoms with Gasteiger partial charge in [0.1, 0.15) is 6.04 Å². The fourth-order valence-electron chi connectivity index (χ4n) is 6.04. The second-order valence-electron chi connectivity index (χ2n) is 11.9. The fraction of sp³-hybridized carbons (Fsp3) is 0.926. The van der Waals surface area contributed by atoms with E-state index >= 15 is 0 Å². The molecule has 3 rings (SSSR count). The molecule has 6 heteroatoms. The Balaban J connectivity index is 1.54. The van der Waals surface area contributed by atoms with E-state index in [1.807, 2.05) is 4.90 Å². The van der Waals surface area contributed by atoms with Crippen molar-refractivity contribution in [1.82, 2.24) is 20.0 Å². The van der Waals surface area contributed by atoms with Gasteiger partial charge in [-0.1, -0.05) is 34.6 Å². The molecule has 0 aromatic carbocycles. The molecule has 3 aliphatic heterocycles. The summed E-state index contributed by atoms with van der Waals surface area (Å²) in [6.07, 6.45) is 7.78. The van der Waals surface area contributed by atoms with E-state index in [0.717, 1.165) is 57.2 Å². The lowest BCUT2D eigenvalue weighted by Crippen LogP contribution is -2.62. The SMILES string of the molecule is CC(C)C[C@@H]1NCCN([C@@H](CC(C)C)C(=O)N2CCC(CCN3CCC[C@H](C)C3)CC2)C1=O. The van der Waals surface area contributed by atoms with Gasteiger partial charge in [-0.3, -0.25) is 9.59 Å². The second kappa shape index (κ2) is 12.5. The molecule has 0 radical (unpaired) electrons. The summed E-state index contributed by atoms with van der Waals surface area (Å²) in [5.74, 6) is 2.72. The van der Waals surface area contributed by atoms with Gasteiger partial charge in [0.15, 0.2) is 0 Å². The molecule has 3 heterocycles. The number of nitrogens with zero attached hydrogens (tertiary/aromatic N) is 3. The number of rotatable bonds is 9. The van der Waals surface area contributed by atoms with E-state index in [1.165, 1.54) is 38.9 Å². The average molecular weight is 463 g/mol. The Morgan fingerprint density at radius 2 is 1.76 bits per heavy atom. The highest BCUT2D eigenvalue weighted by atomic mass is 16.2. The smallest absolute Gasteiger partial charge is 0.245 e. The Morgan fingerprint density at radius 1 is 1.03 bits per heavy atom. The molecule has 3 fully saturated rings. The number of amides is 2. The van der Waals surface area contributed by atoms with Crippen LogP contribution >= 0.6 is 0 Å². The van der Waals surface area contributed by atoms with Gasteiger partial charge in [-0.15, -0.1) is 0 Å². The van der Waals surface area contributed by atoms with Crippen molar-refractivity contribution in [2.45, 2.75) is 91.6 Å². The third-order valence-electron chi connectivity index (χ3n) is 7.91. The lowest BCUT2D eigenvalue weighted by molar-refractivity contribution is -0.150. The number of hydrogen-bond acceptors (Lipinski definition) is 4. The molecule has 3 aliphatic rings. The molecule has 33 heavy (non-hydrogen) atoms. The monoisotopic (exact) mass is 462 g/mol. The fourth-order valence-corrected chi connectivity index (χ4v) is 6.04. The first-order valence-electron chi connectivity index (χ1n) is 13.8. The van der Waals surface area contributed by atoms with Crippen LogP contribution < -0.4 is 5.32 Å². The molecular weight excluding hydrogens is 412 g/mol. The van der Waals surface area contributed by atoms with Crippen molar-refractivity contribution in [3.05, 3.63) is 0 Å². The molecule has 3 atom stereocenters. The summed E-state index contributed by atoms with van der Waals surface area (Å²) in [6.45, 7) is 17.8. The third kappa shape index (κ3) is 7.68. The number of piperazine rings is 1. The van der Waals surface area contributed by atoms with Crippen molar-refractivity contribution in [3.8, 4) is 0 Å². The minimum Gasteiger partial charge on any atom is -0.341 e.